The third-order valence-corrected chi connectivity index (χ3v) is 3.97. The van der Waals surface area contributed by atoms with Crippen molar-refractivity contribution in [2.45, 2.75) is 13.0 Å². The van der Waals surface area contributed by atoms with Crippen molar-refractivity contribution in [1.82, 2.24) is 0 Å². The summed E-state index contributed by atoms with van der Waals surface area (Å²) < 4.78 is 33.6. The van der Waals surface area contributed by atoms with Crippen LogP contribution in [0.4, 0.5) is 20.2 Å². The SMILES string of the molecule is COc1cccc2c1CCN(c1c(F)cc([N+](=O)[O-])cc1F)C2. The van der Waals surface area contributed by atoms with Gasteiger partial charge in [-0.3, -0.25) is 10.1 Å². The van der Waals surface area contributed by atoms with Gasteiger partial charge in [0.25, 0.3) is 5.69 Å². The fourth-order valence-corrected chi connectivity index (χ4v) is 2.92. The lowest BCUT2D eigenvalue weighted by Gasteiger charge is -2.31. The topological polar surface area (TPSA) is 55.6 Å². The molecule has 0 saturated carbocycles. The second kappa shape index (κ2) is 5.83. The Bertz CT molecular complexity index is 757. The van der Waals surface area contributed by atoms with E-state index >= 15 is 0 Å². The molecule has 5 nitrogen and oxygen atoms in total. The number of non-ortho nitro benzene ring substituents is 1. The van der Waals surface area contributed by atoms with Gasteiger partial charge in [0.05, 0.1) is 24.2 Å². The van der Waals surface area contributed by atoms with Crippen LogP contribution in [0.5, 0.6) is 5.75 Å². The van der Waals surface area contributed by atoms with Crippen LogP contribution >= 0.6 is 0 Å². The number of rotatable bonds is 3. The Balaban J connectivity index is 1.97. The smallest absolute Gasteiger partial charge is 0.275 e. The van der Waals surface area contributed by atoms with Crippen molar-refractivity contribution >= 4 is 11.4 Å². The van der Waals surface area contributed by atoms with Gasteiger partial charge in [0.15, 0.2) is 11.6 Å². The monoisotopic (exact) mass is 320 g/mol. The van der Waals surface area contributed by atoms with Gasteiger partial charge in [0.1, 0.15) is 11.4 Å². The molecule has 2 aromatic carbocycles. The Hall–Kier alpha value is -2.70. The highest BCUT2D eigenvalue weighted by Crippen LogP contribution is 2.34. The molecule has 23 heavy (non-hydrogen) atoms. The van der Waals surface area contributed by atoms with Gasteiger partial charge in [-0.2, -0.15) is 0 Å². The molecule has 0 amide bonds. The van der Waals surface area contributed by atoms with Gasteiger partial charge in [-0.15, -0.1) is 0 Å². The summed E-state index contributed by atoms with van der Waals surface area (Å²) in [5.74, 6) is -1.10. The third-order valence-electron chi connectivity index (χ3n) is 3.97. The highest BCUT2D eigenvalue weighted by molar-refractivity contribution is 5.56. The van der Waals surface area contributed by atoms with Crippen molar-refractivity contribution in [2.24, 2.45) is 0 Å². The largest absolute Gasteiger partial charge is 0.496 e. The van der Waals surface area contributed by atoms with Crippen LogP contribution in [0, 0.1) is 21.7 Å². The molecule has 1 heterocycles. The van der Waals surface area contributed by atoms with E-state index in [1.807, 2.05) is 18.2 Å². The quantitative estimate of drug-likeness (QED) is 0.642. The number of benzene rings is 2. The van der Waals surface area contributed by atoms with E-state index in [9.17, 15) is 18.9 Å². The first-order valence-electron chi connectivity index (χ1n) is 7.04. The summed E-state index contributed by atoms with van der Waals surface area (Å²) in [5, 5.41) is 10.7. The number of anilines is 1. The summed E-state index contributed by atoms with van der Waals surface area (Å²) in [6.45, 7) is 0.719. The van der Waals surface area contributed by atoms with Gasteiger partial charge < -0.3 is 9.64 Å². The van der Waals surface area contributed by atoms with Gasteiger partial charge in [-0.1, -0.05) is 12.1 Å². The van der Waals surface area contributed by atoms with Gasteiger partial charge in [0.2, 0.25) is 0 Å². The minimum Gasteiger partial charge on any atom is -0.496 e. The molecule has 7 heteroatoms. The zero-order valence-corrected chi connectivity index (χ0v) is 12.4. The first-order valence-corrected chi connectivity index (χ1v) is 7.04. The lowest BCUT2D eigenvalue weighted by molar-refractivity contribution is -0.385. The van der Waals surface area contributed by atoms with Crippen LogP contribution in [-0.4, -0.2) is 18.6 Å². The zero-order valence-electron chi connectivity index (χ0n) is 12.4. The Morgan fingerprint density at radius 2 is 1.96 bits per heavy atom. The molecule has 0 aromatic heterocycles. The molecule has 0 radical (unpaired) electrons. The van der Waals surface area contributed by atoms with Gasteiger partial charge in [-0.05, 0) is 18.1 Å². The van der Waals surface area contributed by atoms with Crippen LogP contribution in [0.25, 0.3) is 0 Å². The number of ether oxygens (including phenoxy) is 1. The maximum absolute atomic E-state index is 14.2. The van der Waals surface area contributed by atoms with Crippen LogP contribution in [0.1, 0.15) is 11.1 Å². The van der Waals surface area contributed by atoms with Crippen molar-refractivity contribution < 1.29 is 18.4 Å². The number of nitro groups is 1. The first-order chi connectivity index (χ1) is 11.0. The minimum atomic E-state index is -0.928. The first kappa shape index (κ1) is 15.2. The van der Waals surface area contributed by atoms with Crippen molar-refractivity contribution in [2.75, 3.05) is 18.6 Å². The average molecular weight is 320 g/mol. The van der Waals surface area contributed by atoms with Crippen molar-refractivity contribution in [3.63, 3.8) is 0 Å². The van der Waals surface area contributed by atoms with Crippen molar-refractivity contribution in [3.8, 4) is 5.75 Å². The molecule has 0 atom stereocenters. The van der Waals surface area contributed by atoms with Crippen LogP contribution in [0.3, 0.4) is 0 Å². The molecule has 1 aliphatic rings. The fraction of sp³-hybridized carbons (Fsp3) is 0.250. The molecule has 3 rings (SSSR count). The molecule has 0 saturated heterocycles. The number of nitro benzene ring substituents is 1. The van der Waals surface area contributed by atoms with Gasteiger partial charge in [0, 0.05) is 18.7 Å². The normalized spacial score (nSPS) is 13.6. The van der Waals surface area contributed by atoms with E-state index in [4.69, 9.17) is 4.74 Å². The molecule has 120 valence electrons. The second-order valence-corrected chi connectivity index (χ2v) is 5.28. The van der Waals surface area contributed by atoms with Crippen LogP contribution < -0.4 is 9.64 Å². The maximum atomic E-state index is 14.2. The van der Waals surface area contributed by atoms with E-state index in [2.05, 4.69) is 0 Å². The summed E-state index contributed by atoms with van der Waals surface area (Å²) in [5.41, 5.74) is 1.12. The number of fused-ring (bicyclic) bond motifs is 1. The Morgan fingerprint density at radius 1 is 1.26 bits per heavy atom. The number of methoxy groups -OCH3 is 1. The van der Waals surface area contributed by atoms with E-state index in [1.54, 1.807) is 12.0 Å². The lowest BCUT2D eigenvalue weighted by Crippen LogP contribution is -2.32. The molecule has 0 fully saturated rings. The van der Waals surface area contributed by atoms with E-state index in [0.29, 0.717) is 19.5 Å². The number of nitrogens with zero attached hydrogens (tertiary/aromatic N) is 2. The van der Waals surface area contributed by atoms with Crippen molar-refractivity contribution in [1.29, 1.82) is 0 Å². The third kappa shape index (κ3) is 2.69. The summed E-state index contributed by atoms with van der Waals surface area (Å²) in [6, 6.07) is 7.05. The molecule has 0 bridgehead atoms. The molecule has 1 aliphatic heterocycles. The van der Waals surface area contributed by atoms with E-state index in [-0.39, 0.29) is 5.69 Å². The summed E-state index contributed by atoms with van der Waals surface area (Å²) in [6.07, 6.45) is 0.579. The van der Waals surface area contributed by atoms with E-state index < -0.39 is 22.2 Å². The fourth-order valence-electron chi connectivity index (χ4n) is 2.92. The summed E-state index contributed by atoms with van der Waals surface area (Å²) in [7, 11) is 1.58. The van der Waals surface area contributed by atoms with Crippen LogP contribution in [0.15, 0.2) is 30.3 Å². The Labute approximate surface area is 131 Å². The highest BCUT2D eigenvalue weighted by atomic mass is 19.1. The van der Waals surface area contributed by atoms with Crippen LogP contribution in [-0.2, 0) is 13.0 Å². The lowest BCUT2D eigenvalue weighted by atomic mass is 9.98. The molecular formula is C16H14F2N2O3. The zero-order chi connectivity index (χ0) is 16.6. The molecule has 0 N–H and O–H groups in total. The Kier molecular flexibility index (Phi) is 3.85. The maximum Gasteiger partial charge on any atom is 0.275 e. The number of halogens is 2. The molecule has 2 aromatic rings. The molecule has 0 unspecified atom stereocenters. The molecular weight excluding hydrogens is 306 g/mol. The van der Waals surface area contributed by atoms with E-state index in [0.717, 1.165) is 29.0 Å². The second-order valence-electron chi connectivity index (χ2n) is 5.28. The molecule has 0 aliphatic carbocycles. The summed E-state index contributed by atoms with van der Waals surface area (Å²) in [4.78, 5) is 11.4. The number of hydrogen-bond acceptors (Lipinski definition) is 4. The Morgan fingerprint density at radius 3 is 2.57 bits per heavy atom. The predicted octanol–water partition coefficient (Wildman–Crippen LogP) is 3.44. The predicted molar refractivity (Wildman–Crippen MR) is 80.8 cm³/mol. The summed E-state index contributed by atoms with van der Waals surface area (Å²) >= 11 is 0. The highest BCUT2D eigenvalue weighted by Gasteiger charge is 2.26. The van der Waals surface area contributed by atoms with E-state index in [1.165, 1.54) is 0 Å². The average Bonchev–Trinajstić information content (AvgIpc) is 2.53. The number of hydrogen-bond donors (Lipinski definition) is 0. The minimum absolute atomic E-state index is 0.232. The molecule has 0 spiro atoms. The van der Waals surface area contributed by atoms with Gasteiger partial charge >= 0.3 is 0 Å². The van der Waals surface area contributed by atoms with Crippen molar-refractivity contribution in [3.05, 3.63) is 63.2 Å². The standard InChI is InChI=1S/C16H14F2N2O3/c1-23-15-4-2-3-10-9-19(6-5-12(10)15)16-13(17)7-11(20(21)22)8-14(16)18/h2-4,7-8H,5-6,9H2,1H3. The van der Waals surface area contributed by atoms with Crippen LogP contribution in [0.2, 0.25) is 0 Å². The van der Waals surface area contributed by atoms with Gasteiger partial charge in [-0.25, -0.2) is 8.78 Å².